The van der Waals surface area contributed by atoms with Gasteiger partial charge in [-0.25, -0.2) is 9.79 Å². The number of aliphatic imine (C=N–C) groups is 1. The van der Waals surface area contributed by atoms with Crippen LogP contribution in [0.15, 0.2) is 44.7 Å². The van der Waals surface area contributed by atoms with E-state index in [1.807, 2.05) is 0 Å². The van der Waals surface area contributed by atoms with Crippen molar-refractivity contribution in [3.8, 4) is 11.5 Å². The standard InChI is InChI=1S/C20H17BrN2O5S/c1-10-12(19(26)27)5-4-6-14(10)22-20-23(2)18(25)16(29-20)9-11-7-13(21)17(24)15(8-11)28-3/h4-9,24H,1-3H3,(H,26,27)/b16-9-,22-20?. The lowest BCUT2D eigenvalue weighted by Gasteiger charge is -2.09. The Kier molecular flexibility index (Phi) is 5.99. The number of aromatic hydroxyl groups is 1. The third-order valence-electron chi connectivity index (χ3n) is 4.32. The number of phenolic OH excluding ortho intramolecular Hbond substituents is 1. The van der Waals surface area contributed by atoms with Crippen molar-refractivity contribution in [2.75, 3.05) is 14.2 Å². The van der Waals surface area contributed by atoms with Gasteiger partial charge in [0.1, 0.15) is 0 Å². The molecule has 29 heavy (non-hydrogen) atoms. The molecule has 1 fully saturated rings. The average Bonchev–Trinajstić information content (AvgIpc) is 2.93. The molecule has 0 bridgehead atoms. The maximum Gasteiger partial charge on any atom is 0.336 e. The number of nitrogens with zero attached hydrogens (tertiary/aromatic N) is 2. The summed E-state index contributed by atoms with van der Waals surface area (Å²) in [5, 5.41) is 19.7. The summed E-state index contributed by atoms with van der Waals surface area (Å²) in [6, 6.07) is 8.13. The molecule has 7 nitrogen and oxygen atoms in total. The second kappa shape index (κ2) is 8.30. The van der Waals surface area contributed by atoms with Gasteiger partial charge in [0, 0.05) is 7.05 Å². The number of hydrogen-bond acceptors (Lipinski definition) is 6. The predicted octanol–water partition coefficient (Wildman–Crippen LogP) is 4.40. The summed E-state index contributed by atoms with van der Waals surface area (Å²) >= 11 is 4.45. The van der Waals surface area contributed by atoms with Crippen LogP contribution in [0.4, 0.5) is 5.69 Å². The second-order valence-electron chi connectivity index (χ2n) is 6.18. The maximum absolute atomic E-state index is 12.6. The molecule has 0 aromatic heterocycles. The molecular weight excluding hydrogens is 460 g/mol. The van der Waals surface area contributed by atoms with Crippen LogP contribution in [-0.4, -0.2) is 46.3 Å². The van der Waals surface area contributed by atoms with E-state index in [9.17, 15) is 19.8 Å². The quantitative estimate of drug-likeness (QED) is 0.634. The first-order chi connectivity index (χ1) is 13.7. The highest BCUT2D eigenvalue weighted by Crippen LogP contribution is 2.38. The number of likely N-dealkylation sites (N-methyl/N-ethyl adjacent to an activating group) is 1. The zero-order valence-electron chi connectivity index (χ0n) is 15.8. The Morgan fingerprint density at radius 3 is 2.72 bits per heavy atom. The molecule has 0 atom stereocenters. The molecule has 9 heteroatoms. The molecule has 0 spiro atoms. The number of carbonyl (C=O) groups excluding carboxylic acids is 1. The summed E-state index contributed by atoms with van der Waals surface area (Å²) in [5.41, 5.74) is 1.85. The van der Waals surface area contributed by atoms with Crippen LogP contribution in [0.3, 0.4) is 0 Å². The molecule has 1 amide bonds. The first kappa shape index (κ1) is 20.9. The number of hydrogen-bond donors (Lipinski definition) is 2. The first-order valence-corrected chi connectivity index (χ1v) is 9.99. The molecule has 2 aromatic carbocycles. The molecule has 150 valence electrons. The smallest absolute Gasteiger partial charge is 0.336 e. The maximum atomic E-state index is 12.6. The van der Waals surface area contributed by atoms with Gasteiger partial charge in [-0.1, -0.05) is 6.07 Å². The molecule has 2 N–H and O–H groups in total. The summed E-state index contributed by atoms with van der Waals surface area (Å²) in [4.78, 5) is 30.3. The first-order valence-electron chi connectivity index (χ1n) is 8.38. The lowest BCUT2D eigenvalue weighted by atomic mass is 10.1. The summed E-state index contributed by atoms with van der Waals surface area (Å²) in [6.45, 7) is 1.68. The lowest BCUT2D eigenvalue weighted by Crippen LogP contribution is -2.23. The van der Waals surface area contributed by atoms with Crippen molar-refractivity contribution < 1.29 is 24.5 Å². The van der Waals surface area contributed by atoms with Crippen molar-refractivity contribution in [3.63, 3.8) is 0 Å². The molecule has 0 radical (unpaired) electrons. The number of amidine groups is 1. The number of benzene rings is 2. The van der Waals surface area contributed by atoms with Crippen molar-refractivity contribution in [1.82, 2.24) is 4.90 Å². The van der Waals surface area contributed by atoms with E-state index in [1.165, 1.54) is 29.8 Å². The van der Waals surface area contributed by atoms with E-state index in [1.54, 1.807) is 44.3 Å². The molecule has 1 aliphatic heterocycles. The van der Waals surface area contributed by atoms with Gasteiger partial charge in [0.15, 0.2) is 16.7 Å². The fourth-order valence-electron chi connectivity index (χ4n) is 2.72. The monoisotopic (exact) mass is 476 g/mol. The number of carbonyl (C=O) groups is 2. The number of methoxy groups -OCH3 is 1. The molecule has 0 aliphatic carbocycles. The van der Waals surface area contributed by atoms with E-state index in [0.29, 0.717) is 31.4 Å². The number of phenols is 1. The zero-order chi connectivity index (χ0) is 21.3. The van der Waals surface area contributed by atoms with Crippen LogP contribution in [0.5, 0.6) is 11.5 Å². The van der Waals surface area contributed by atoms with Gasteiger partial charge in [0.05, 0.1) is 27.7 Å². The van der Waals surface area contributed by atoms with Crippen LogP contribution in [0, 0.1) is 6.92 Å². The minimum absolute atomic E-state index is 0.0202. The molecule has 0 saturated carbocycles. The highest BCUT2D eigenvalue weighted by atomic mass is 79.9. The molecule has 1 aliphatic rings. The lowest BCUT2D eigenvalue weighted by molar-refractivity contribution is -0.121. The molecular formula is C20H17BrN2O5S. The Morgan fingerprint density at radius 2 is 2.07 bits per heavy atom. The van der Waals surface area contributed by atoms with Crippen molar-refractivity contribution in [1.29, 1.82) is 0 Å². The number of halogens is 1. The van der Waals surface area contributed by atoms with Gasteiger partial charge < -0.3 is 14.9 Å². The Bertz CT molecular complexity index is 1080. The van der Waals surface area contributed by atoms with Crippen molar-refractivity contribution in [2.24, 2.45) is 4.99 Å². The molecule has 3 rings (SSSR count). The van der Waals surface area contributed by atoms with Gasteiger partial charge in [0.25, 0.3) is 5.91 Å². The van der Waals surface area contributed by atoms with Crippen molar-refractivity contribution in [2.45, 2.75) is 6.92 Å². The fraction of sp³-hybridized carbons (Fsp3) is 0.150. The van der Waals surface area contributed by atoms with Crippen molar-refractivity contribution >= 4 is 56.5 Å². The molecule has 1 saturated heterocycles. The third-order valence-corrected chi connectivity index (χ3v) is 5.99. The summed E-state index contributed by atoms with van der Waals surface area (Å²) in [5.74, 6) is -0.998. The largest absolute Gasteiger partial charge is 0.503 e. The van der Waals surface area contributed by atoms with Gasteiger partial charge in [-0.05, 0) is 76.1 Å². The number of amides is 1. The number of thioether (sulfide) groups is 1. The van der Waals surface area contributed by atoms with E-state index >= 15 is 0 Å². The minimum Gasteiger partial charge on any atom is -0.503 e. The number of carboxylic acids is 1. The topological polar surface area (TPSA) is 99.4 Å². The highest BCUT2D eigenvalue weighted by molar-refractivity contribution is 9.10. The summed E-state index contributed by atoms with van der Waals surface area (Å²) in [6.07, 6.45) is 1.68. The fourth-order valence-corrected chi connectivity index (χ4v) is 4.15. The second-order valence-corrected chi connectivity index (χ2v) is 8.04. The third kappa shape index (κ3) is 4.15. The Morgan fingerprint density at radius 1 is 1.34 bits per heavy atom. The average molecular weight is 477 g/mol. The Labute approximate surface area is 179 Å². The Hall–Kier alpha value is -2.78. The van der Waals surface area contributed by atoms with Gasteiger partial charge in [-0.3, -0.25) is 9.69 Å². The normalized spacial score (nSPS) is 16.7. The van der Waals surface area contributed by atoms with Gasteiger partial charge in [0.2, 0.25) is 0 Å². The van der Waals surface area contributed by atoms with Crippen LogP contribution in [0.25, 0.3) is 6.08 Å². The van der Waals surface area contributed by atoms with Gasteiger partial charge in [-0.15, -0.1) is 0 Å². The van der Waals surface area contributed by atoms with Gasteiger partial charge in [-0.2, -0.15) is 0 Å². The van der Waals surface area contributed by atoms with Crippen LogP contribution in [-0.2, 0) is 4.79 Å². The van der Waals surface area contributed by atoms with E-state index in [0.717, 1.165) is 0 Å². The molecule has 2 aromatic rings. The SMILES string of the molecule is COc1cc(/C=C2\SC(=Nc3cccc(C(=O)O)c3C)N(C)C2=O)cc(Br)c1O. The number of carboxylic acid groups (broad SMARTS) is 1. The van der Waals surface area contributed by atoms with E-state index in [4.69, 9.17) is 4.74 Å². The van der Waals surface area contributed by atoms with Crippen LogP contribution >= 0.6 is 27.7 Å². The van der Waals surface area contributed by atoms with Crippen molar-refractivity contribution in [3.05, 3.63) is 56.4 Å². The molecule has 0 unspecified atom stereocenters. The van der Waals surface area contributed by atoms with Crippen LogP contribution < -0.4 is 4.74 Å². The van der Waals surface area contributed by atoms with Crippen LogP contribution in [0.2, 0.25) is 0 Å². The van der Waals surface area contributed by atoms with Gasteiger partial charge >= 0.3 is 5.97 Å². The predicted molar refractivity (Wildman–Crippen MR) is 116 cm³/mol. The Balaban J connectivity index is 1.98. The van der Waals surface area contributed by atoms with E-state index < -0.39 is 5.97 Å². The minimum atomic E-state index is -1.03. The zero-order valence-corrected chi connectivity index (χ0v) is 18.2. The highest BCUT2D eigenvalue weighted by Gasteiger charge is 2.30. The van der Waals surface area contributed by atoms with E-state index in [2.05, 4.69) is 20.9 Å². The molecule has 1 heterocycles. The summed E-state index contributed by atoms with van der Waals surface area (Å²) in [7, 11) is 3.05. The number of rotatable bonds is 4. The number of aromatic carboxylic acids is 1. The van der Waals surface area contributed by atoms with E-state index in [-0.39, 0.29) is 23.0 Å². The van der Waals surface area contributed by atoms with Crippen LogP contribution in [0.1, 0.15) is 21.5 Å². The number of ether oxygens (including phenoxy) is 1. The summed E-state index contributed by atoms with van der Waals surface area (Å²) < 4.78 is 5.59.